The first-order valence-corrected chi connectivity index (χ1v) is 7.32. The summed E-state index contributed by atoms with van der Waals surface area (Å²) in [7, 11) is 0. The normalized spacial score (nSPS) is 14.5. The molecule has 19 heavy (non-hydrogen) atoms. The zero-order chi connectivity index (χ0) is 13.7. The molecule has 2 heterocycles. The monoisotopic (exact) mass is 299 g/mol. The van der Waals surface area contributed by atoms with Gasteiger partial charge in [0.2, 0.25) is 5.95 Å². The summed E-state index contributed by atoms with van der Waals surface area (Å²) in [4.78, 5) is 10.8. The second kappa shape index (κ2) is 6.86. The fourth-order valence-electron chi connectivity index (χ4n) is 1.95. The SMILES string of the molecule is CCCNC(=S)Nc1nc(Cl)cc(N2CCCC2)n1. The molecule has 2 N–H and O–H groups in total. The minimum absolute atomic E-state index is 0.428. The summed E-state index contributed by atoms with van der Waals surface area (Å²) in [6.45, 7) is 4.94. The molecular weight excluding hydrogens is 282 g/mol. The standard InChI is InChI=1S/C12H18ClN5S/c1-2-5-14-12(19)17-11-15-9(13)8-10(16-11)18-6-3-4-7-18/h8H,2-7H2,1H3,(H2,14,15,16,17,19). The third-order valence-corrected chi connectivity index (χ3v) is 3.31. The van der Waals surface area contributed by atoms with Crippen molar-refractivity contribution in [2.75, 3.05) is 29.9 Å². The fourth-order valence-corrected chi connectivity index (χ4v) is 2.33. The molecule has 7 heteroatoms. The lowest BCUT2D eigenvalue weighted by molar-refractivity contribution is 0.845. The second-order valence-corrected chi connectivity index (χ2v) is 5.24. The van der Waals surface area contributed by atoms with Crippen molar-refractivity contribution in [3.8, 4) is 0 Å². The molecule has 104 valence electrons. The molecule has 1 aromatic heterocycles. The van der Waals surface area contributed by atoms with Gasteiger partial charge in [-0.25, -0.2) is 4.98 Å². The Hall–Kier alpha value is -1.14. The van der Waals surface area contributed by atoms with E-state index in [2.05, 4.69) is 32.4 Å². The Balaban J connectivity index is 2.05. The molecule has 0 amide bonds. The molecule has 1 aliphatic rings. The molecule has 1 aliphatic heterocycles. The van der Waals surface area contributed by atoms with Crippen LogP contribution in [0.3, 0.4) is 0 Å². The van der Waals surface area contributed by atoms with Crippen LogP contribution >= 0.6 is 23.8 Å². The van der Waals surface area contributed by atoms with E-state index < -0.39 is 0 Å². The summed E-state index contributed by atoms with van der Waals surface area (Å²) in [5.74, 6) is 1.31. The summed E-state index contributed by atoms with van der Waals surface area (Å²) in [6, 6.07) is 1.79. The van der Waals surface area contributed by atoms with Gasteiger partial charge in [-0.05, 0) is 31.5 Å². The molecule has 0 bridgehead atoms. The van der Waals surface area contributed by atoms with Crippen molar-refractivity contribution in [3.63, 3.8) is 0 Å². The summed E-state index contributed by atoms with van der Waals surface area (Å²) < 4.78 is 0. The van der Waals surface area contributed by atoms with E-state index in [-0.39, 0.29) is 0 Å². The van der Waals surface area contributed by atoms with Crippen molar-refractivity contribution in [1.29, 1.82) is 0 Å². The molecule has 2 rings (SSSR count). The highest BCUT2D eigenvalue weighted by molar-refractivity contribution is 7.80. The van der Waals surface area contributed by atoms with Crippen molar-refractivity contribution in [3.05, 3.63) is 11.2 Å². The minimum Gasteiger partial charge on any atom is -0.362 e. The first-order valence-electron chi connectivity index (χ1n) is 6.53. The molecule has 1 saturated heterocycles. The van der Waals surface area contributed by atoms with Crippen LogP contribution in [-0.4, -0.2) is 34.7 Å². The van der Waals surface area contributed by atoms with Gasteiger partial charge in [-0.3, -0.25) is 0 Å². The molecule has 5 nitrogen and oxygen atoms in total. The Labute approximate surface area is 123 Å². The number of thiocarbonyl (C=S) groups is 1. The first-order chi connectivity index (χ1) is 9.19. The van der Waals surface area contributed by atoms with E-state index in [1.54, 1.807) is 6.07 Å². The lowest BCUT2D eigenvalue weighted by Crippen LogP contribution is -2.30. The van der Waals surface area contributed by atoms with Crippen LogP contribution < -0.4 is 15.5 Å². The molecule has 0 radical (unpaired) electrons. The van der Waals surface area contributed by atoms with E-state index in [1.807, 2.05) is 0 Å². The van der Waals surface area contributed by atoms with Gasteiger partial charge in [0.15, 0.2) is 5.11 Å². The highest BCUT2D eigenvalue weighted by atomic mass is 35.5. The van der Waals surface area contributed by atoms with E-state index in [1.165, 1.54) is 12.8 Å². The zero-order valence-electron chi connectivity index (χ0n) is 10.9. The topological polar surface area (TPSA) is 53.1 Å². The maximum absolute atomic E-state index is 6.03. The number of nitrogens with zero attached hydrogens (tertiary/aromatic N) is 3. The van der Waals surface area contributed by atoms with E-state index in [0.29, 0.717) is 16.2 Å². The fraction of sp³-hybridized carbons (Fsp3) is 0.583. The van der Waals surface area contributed by atoms with Crippen LogP contribution in [0.5, 0.6) is 0 Å². The average molecular weight is 300 g/mol. The summed E-state index contributed by atoms with van der Waals surface area (Å²) in [5, 5.41) is 6.99. The van der Waals surface area contributed by atoms with Gasteiger partial charge in [0.05, 0.1) is 0 Å². The molecule has 0 unspecified atom stereocenters. The van der Waals surface area contributed by atoms with Crippen molar-refractivity contribution in [2.45, 2.75) is 26.2 Å². The Morgan fingerprint density at radius 2 is 2.16 bits per heavy atom. The number of rotatable bonds is 4. The van der Waals surface area contributed by atoms with Crippen molar-refractivity contribution < 1.29 is 0 Å². The minimum atomic E-state index is 0.428. The number of aromatic nitrogens is 2. The van der Waals surface area contributed by atoms with Crippen molar-refractivity contribution >= 4 is 40.7 Å². The molecule has 1 fully saturated rings. The maximum atomic E-state index is 6.03. The van der Waals surface area contributed by atoms with E-state index >= 15 is 0 Å². The zero-order valence-corrected chi connectivity index (χ0v) is 12.5. The highest BCUT2D eigenvalue weighted by Gasteiger charge is 2.15. The van der Waals surface area contributed by atoms with E-state index in [0.717, 1.165) is 31.9 Å². The van der Waals surface area contributed by atoms with Gasteiger partial charge in [-0.2, -0.15) is 4.98 Å². The molecule has 1 aromatic rings. The Kier molecular flexibility index (Phi) is 5.15. The molecule has 0 aromatic carbocycles. The lowest BCUT2D eigenvalue weighted by Gasteiger charge is -2.17. The number of hydrogen-bond donors (Lipinski definition) is 2. The van der Waals surface area contributed by atoms with Crippen LogP contribution in [-0.2, 0) is 0 Å². The van der Waals surface area contributed by atoms with Gasteiger partial charge >= 0.3 is 0 Å². The summed E-state index contributed by atoms with van der Waals surface area (Å²) in [5.41, 5.74) is 0. The third kappa shape index (κ3) is 4.18. The van der Waals surface area contributed by atoms with Crippen LogP contribution in [0.25, 0.3) is 0 Å². The van der Waals surface area contributed by atoms with Gasteiger partial charge in [0.25, 0.3) is 0 Å². The smallest absolute Gasteiger partial charge is 0.232 e. The average Bonchev–Trinajstić information content (AvgIpc) is 2.89. The predicted octanol–water partition coefficient (Wildman–Crippen LogP) is 2.43. The van der Waals surface area contributed by atoms with Crippen LogP contribution in [0.4, 0.5) is 11.8 Å². The lowest BCUT2D eigenvalue weighted by atomic mass is 10.4. The summed E-state index contributed by atoms with van der Waals surface area (Å²) >= 11 is 11.2. The van der Waals surface area contributed by atoms with Gasteiger partial charge in [-0.15, -0.1) is 0 Å². The van der Waals surface area contributed by atoms with Crippen molar-refractivity contribution in [1.82, 2.24) is 15.3 Å². The number of anilines is 2. The molecule has 0 aliphatic carbocycles. The van der Waals surface area contributed by atoms with Crippen LogP contribution in [0.2, 0.25) is 5.15 Å². The number of hydrogen-bond acceptors (Lipinski definition) is 4. The molecule has 0 spiro atoms. The largest absolute Gasteiger partial charge is 0.362 e. The van der Waals surface area contributed by atoms with Gasteiger partial charge in [0.1, 0.15) is 11.0 Å². The Morgan fingerprint density at radius 3 is 2.84 bits per heavy atom. The van der Waals surface area contributed by atoms with Crippen LogP contribution in [0, 0.1) is 0 Å². The number of halogens is 1. The maximum Gasteiger partial charge on any atom is 0.232 e. The second-order valence-electron chi connectivity index (χ2n) is 4.45. The Bertz CT molecular complexity index is 448. The van der Waals surface area contributed by atoms with Gasteiger partial charge < -0.3 is 15.5 Å². The van der Waals surface area contributed by atoms with Gasteiger partial charge in [-0.1, -0.05) is 18.5 Å². The Morgan fingerprint density at radius 1 is 1.42 bits per heavy atom. The predicted molar refractivity (Wildman–Crippen MR) is 83.0 cm³/mol. The highest BCUT2D eigenvalue weighted by Crippen LogP contribution is 2.21. The molecular formula is C12H18ClN5S. The first kappa shape index (κ1) is 14.3. The van der Waals surface area contributed by atoms with E-state index in [9.17, 15) is 0 Å². The van der Waals surface area contributed by atoms with Crippen LogP contribution in [0.15, 0.2) is 6.07 Å². The third-order valence-electron chi connectivity index (χ3n) is 2.87. The molecule has 0 saturated carbocycles. The summed E-state index contributed by atoms with van der Waals surface area (Å²) in [6.07, 6.45) is 3.40. The molecule has 0 atom stereocenters. The quantitative estimate of drug-likeness (QED) is 0.658. The van der Waals surface area contributed by atoms with Crippen molar-refractivity contribution in [2.24, 2.45) is 0 Å². The van der Waals surface area contributed by atoms with E-state index in [4.69, 9.17) is 23.8 Å². The number of nitrogens with one attached hydrogen (secondary N) is 2. The van der Waals surface area contributed by atoms with Crippen LogP contribution in [0.1, 0.15) is 26.2 Å². The van der Waals surface area contributed by atoms with Gasteiger partial charge in [0, 0.05) is 25.7 Å².